The summed E-state index contributed by atoms with van der Waals surface area (Å²) >= 11 is 1.83. The third-order valence-electron chi connectivity index (χ3n) is 1.49. The van der Waals surface area contributed by atoms with E-state index >= 15 is 0 Å². The van der Waals surface area contributed by atoms with Crippen molar-refractivity contribution in [1.29, 1.82) is 0 Å². The minimum Gasteiger partial charge on any atom is -0.353 e. The van der Waals surface area contributed by atoms with Crippen LogP contribution < -0.4 is 11.1 Å². The van der Waals surface area contributed by atoms with E-state index in [4.69, 9.17) is 5.73 Å². The predicted molar refractivity (Wildman–Crippen MR) is 58.9 cm³/mol. The summed E-state index contributed by atoms with van der Waals surface area (Å²) in [4.78, 5) is 11.2. The maximum Gasteiger partial charge on any atom is 0.221 e. The first kappa shape index (κ1) is 12.8. The highest BCUT2D eigenvalue weighted by atomic mass is 32.2. The van der Waals surface area contributed by atoms with Crippen LogP contribution in [0.4, 0.5) is 0 Å². The molecule has 0 saturated heterocycles. The molecule has 2 atom stereocenters. The van der Waals surface area contributed by atoms with Crippen LogP contribution in [0.3, 0.4) is 0 Å². The quantitative estimate of drug-likeness (QED) is 0.678. The molecule has 0 saturated carbocycles. The van der Waals surface area contributed by atoms with Gasteiger partial charge in [-0.3, -0.25) is 4.79 Å². The molecule has 0 aromatic heterocycles. The normalized spacial score (nSPS) is 15.1. The summed E-state index contributed by atoms with van der Waals surface area (Å²) in [7, 11) is 0. The number of amides is 1. The van der Waals surface area contributed by atoms with Crippen LogP contribution in [0.25, 0.3) is 0 Å². The number of hydrogen-bond donors (Lipinski definition) is 2. The Morgan fingerprint density at radius 1 is 1.54 bits per heavy atom. The fourth-order valence-electron chi connectivity index (χ4n) is 0.962. The summed E-state index contributed by atoms with van der Waals surface area (Å²) in [6, 6.07) is 0.197. The van der Waals surface area contributed by atoms with Gasteiger partial charge in [-0.1, -0.05) is 6.92 Å². The summed E-state index contributed by atoms with van der Waals surface area (Å²) in [5, 5.41) is 2.91. The van der Waals surface area contributed by atoms with Gasteiger partial charge in [-0.05, 0) is 19.6 Å². The largest absolute Gasteiger partial charge is 0.353 e. The summed E-state index contributed by atoms with van der Waals surface area (Å²) in [6.07, 6.45) is 0.418. The van der Waals surface area contributed by atoms with Crippen LogP contribution in [0, 0.1) is 0 Å². The molecule has 78 valence electrons. The van der Waals surface area contributed by atoms with E-state index in [9.17, 15) is 4.79 Å². The Kier molecular flexibility index (Phi) is 7.09. The Bertz CT molecular complexity index is 151. The van der Waals surface area contributed by atoms with Gasteiger partial charge in [0.15, 0.2) is 0 Å². The Labute approximate surface area is 84.8 Å². The zero-order chi connectivity index (χ0) is 10.3. The SMILES string of the molecule is CCSCC(C)NC(=O)CC(C)N. The van der Waals surface area contributed by atoms with Crippen molar-refractivity contribution in [2.45, 2.75) is 39.3 Å². The van der Waals surface area contributed by atoms with E-state index < -0.39 is 0 Å². The Balaban J connectivity index is 3.53. The third kappa shape index (κ3) is 8.12. The first-order valence-electron chi connectivity index (χ1n) is 4.69. The molecular weight excluding hydrogens is 184 g/mol. The van der Waals surface area contributed by atoms with E-state index in [-0.39, 0.29) is 18.0 Å². The standard InChI is InChI=1S/C9H20N2OS/c1-4-13-6-8(3)11-9(12)5-7(2)10/h7-8H,4-6,10H2,1-3H3,(H,11,12). The van der Waals surface area contributed by atoms with Gasteiger partial charge >= 0.3 is 0 Å². The average molecular weight is 204 g/mol. The third-order valence-corrected chi connectivity index (χ3v) is 2.63. The lowest BCUT2D eigenvalue weighted by molar-refractivity contribution is -0.121. The highest BCUT2D eigenvalue weighted by Crippen LogP contribution is 2.01. The monoisotopic (exact) mass is 204 g/mol. The predicted octanol–water partition coefficient (Wildman–Crippen LogP) is 0.981. The number of carbonyl (C=O) groups is 1. The van der Waals surface area contributed by atoms with Crippen molar-refractivity contribution in [2.24, 2.45) is 5.73 Å². The van der Waals surface area contributed by atoms with Crippen LogP contribution in [0.5, 0.6) is 0 Å². The summed E-state index contributed by atoms with van der Waals surface area (Å²) < 4.78 is 0. The molecule has 1 amide bonds. The number of rotatable bonds is 6. The van der Waals surface area contributed by atoms with Gasteiger partial charge in [-0.2, -0.15) is 11.8 Å². The number of carbonyl (C=O) groups excluding carboxylic acids is 1. The lowest BCUT2D eigenvalue weighted by Crippen LogP contribution is -2.37. The van der Waals surface area contributed by atoms with Crippen molar-refractivity contribution in [1.82, 2.24) is 5.32 Å². The second-order valence-corrected chi connectivity index (χ2v) is 4.63. The minimum absolute atomic E-state index is 0.0500. The van der Waals surface area contributed by atoms with Crippen molar-refractivity contribution >= 4 is 17.7 Å². The molecule has 3 nitrogen and oxygen atoms in total. The van der Waals surface area contributed by atoms with Crippen molar-refractivity contribution in [2.75, 3.05) is 11.5 Å². The van der Waals surface area contributed by atoms with Crippen molar-refractivity contribution in [3.05, 3.63) is 0 Å². The molecular formula is C9H20N2OS. The molecule has 0 heterocycles. The van der Waals surface area contributed by atoms with Crippen LogP contribution in [0.15, 0.2) is 0 Å². The van der Waals surface area contributed by atoms with E-state index in [2.05, 4.69) is 12.2 Å². The van der Waals surface area contributed by atoms with Crippen LogP contribution in [-0.4, -0.2) is 29.5 Å². The topological polar surface area (TPSA) is 55.1 Å². The second kappa shape index (κ2) is 7.21. The molecule has 0 aromatic carbocycles. The van der Waals surface area contributed by atoms with Gasteiger partial charge in [0.25, 0.3) is 0 Å². The van der Waals surface area contributed by atoms with Gasteiger partial charge in [0.1, 0.15) is 0 Å². The smallest absolute Gasteiger partial charge is 0.221 e. The van der Waals surface area contributed by atoms with Crippen molar-refractivity contribution in [3.8, 4) is 0 Å². The minimum atomic E-state index is -0.0500. The summed E-state index contributed by atoms with van der Waals surface area (Å²) in [5.41, 5.74) is 5.50. The lowest BCUT2D eigenvalue weighted by atomic mass is 10.2. The zero-order valence-corrected chi connectivity index (χ0v) is 9.49. The van der Waals surface area contributed by atoms with Crippen LogP contribution in [0.2, 0.25) is 0 Å². The number of thioether (sulfide) groups is 1. The molecule has 3 N–H and O–H groups in total. The molecule has 2 unspecified atom stereocenters. The molecule has 0 rings (SSSR count). The average Bonchev–Trinajstić information content (AvgIpc) is 1.98. The van der Waals surface area contributed by atoms with Gasteiger partial charge in [-0.25, -0.2) is 0 Å². The fraction of sp³-hybridized carbons (Fsp3) is 0.889. The van der Waals surface area contributed by atoms with Gasteiger partial charge < -0.3 is 11.1 Å². The Morgan fingerprint density at radius 3 is 2.62 bits per heavy atom. The van der Waals surface area contributed by atoms with Crippen LogP contribution >= 0.6 is 11.8 Å². The molecule has 4 heteroatoms. The Hall–Kier alpha value is -0.220. The molecule has 0 aliphatic rings. The van der Waals surface area contributed by atoms with Gasteiger partial charge in [0, 0.05) is 24.3 Å². The maximum absolute atomic E-state index is 11.2. The first-order chi connectivity index (χ1) is 6.06. The fourth-order valence-corrected chi connectivity index (χ4v) is 1.64. The number of nitrogens with one attached hydrogen (secondary N) is 1. The van der Waals surface area contributed by atoms with Crippen molar-refractivity contribution < 1.29 is 4.79 Å². The highest BCUT2D eigenvalue weighted by molar-refractivity contribution is 7.99. The molecule has 0 spiro atoms. The molecule has 0 radical (unpaired) electrons. The highest BCUT2D eigenvalue weighted by Gasteiger charge is 2.08. The second-order valence-electron chi connectivity index (χ2n) is 3.31. The molecule has 0 bridgehead atoms. The van der Waals surface area contributed by atoms with Crippen molar-refractivity contribution in [3.63, 3.8) is 0 Å². The zero-order valence-electron chi connectivity index (χ0n) is 8.67. The van der Waals surface area contributed by atoms with E-state index in [1.165, 1.54) is 0 Å². The Morgan fingerprint density at radius 2 is 2.15 bits per heavy atom. The van der Waals surface area contributed by atoms with E-state index in [1.54, 1.807) is 0 Å². The number of nitrogens with two attached hydrogens (primary N) is 1. The van der Waals surface area contributed by atoms with Crippen LogP contribution in [-0.2, 0) is 4.79 Å². The molecule has 0 aromatic rings. The van der Waals surface area contributed by atoms with Crippen LogP contribution in [0.1, 0.15) is 27.2 Å². The van der Waals surface area contributed by atoms with Gasteiger partial charge in [0.2, 0.25) is 5.91 Å². The van der Waals surface area contributed by atoms with Gasteiger partial charge in [-0.15, -0.1) is 0 Å². The van der Waals surface area contributed by atoms with E-state index in [0.29, 0.717) is 6.42 Å². The molecule has 0 fully saturated rings. The first-order valence-corrected chi connectivity index (χ1v) is 5.84. The molecule has 13 heavy (non-hydrogen) atoms. The maximum atomic E-state index is 11.2. The molecule has 0 aliphatic carbocycles. The lowest BCUT2D eigenvalue weighted by Gasteiger charge is -2.13. The van der Waals surface area contributed by atoms with Gasteiger partial charge in [0.05, 0.1) is 0 Å². The number of hydrogen-bond acceptors (Lipinski definition) is 3. The van der Waals surface area contributed by atoms with E-state index in [0.717, 1.165) is 11.5 Å². The summed E-state index contributed by atoms with van der Waals surface area (Å²) in [5.74, 6) is 2.12. The summed E-state index contributed by atoms with van der Waals surface area (Å²) in [6.45, 7) is 5.97. The van der Waals surface area contributed by atoms with E-state index in [1.807, 2.05) is 25.6 Å². The molecule has 0 aliphatic heterocycles.